The number of nitrogens with zero attached hydrogens (tertiary/aromatic N) is 4. The van der Waals surface area contributed by atoms with Gasteiger partial charge in [-0.2, -0.15) is 5.10 Å². The fourth-order valence-electron chi connectivity index (χ4n) is 7.10. The minimum atomic E-state index is -0.116. The molecule has 53 heavy (non-hydrogen) atoms. The van der Waals surface area contributed by atoms with Crippen molar-refractivity contribution in [3.63, 3.8) is 0 Å². The summed E-state index contributed by atoms with van der Waals surface area (Å²) in [4.78, 5) is 31.0. The molecule has 2 unspecified atom stereocenters. The summed E-state index contributed by atoms with van der Waals surface area (Å²) < 4.78 is 14.3. The van der Waals surface area contributed by atoms with Crippen LogP contribution in [0.25, 0.3) is 0 Å². The summed E-state index contributed by atoms with van der Waals surface area (Å²) in [6.45, 7) is 12.6. The number of carbonyl (C=O) groups excluding carboxylic acids is 2. The molecule has 1 heterocycles. The molecule has 0 saturated heterocycles. The Morgan fingerprint density at radius 2 is 0.981 bits per heavy atom. The maximum Gasteiger partial charge on any atom is 0.307 e. The Bertz CT molecular complexity index is 933. The van der Waals surface area contributed by atoms with Crippen LogP contribution in [0.4, 0.5) is 0 Å². The van der Waals surface area contributed by atoms with Crippen molar-refractivity contribution in [1.29, 1.82) is 0 Å². The van der Waals surface area contributed by atoms with Crippen LogP contribution in [0.3, 0.4) is 0 Å². The van der Waals surface area contributed by atoms with E-state index in [9.17, 15) is 9.59 Å². The molecular formula is C45H86N4O4. The zero-order valence-corrected chi connectivity index (χ0v) is 35.9. The minimum Gasteiger partial charge on any atom is -0.462 e. The number of unbranched alkanes of at least 4 members (excludes halogenated alkanes) is 16. The Kier molecular flexibility index (Phi) is 32.0. The van der Waals surface area contributed by atoms with Crippen LogP contribution in [-0.2, 0) is 32.2 Å². The van der Waals surface area contributed by atoms with Gasteiger partial charge < -0.3 is 14.4 Å². The van der Waals surface area contributed by atoms with E-state index in [2.05, 4.69) is 62.9 Å². The van der Waals surface area contributed by atoms with Gasteiger partial charge in [-0.25, -0.2) is 0 Å². The molecule has 0 aromatic carbocycles. The largest absolute Gasteiger partial charge is 0.462 e. The summed E-state index contributed by atoms with van der Waals surface area (Å²) in [5, 5.41) is 4.61. The maximum absolute atomic E-state index is 13.3. The number of esters is 2. The predicted octanol–water partition coefficient (Wildman–Crippen LogP) is 11.7. The number of aromatic nitrogens is 2. The van der Waals surface area contributed by atoms with Crippen molar-refractivity contribution in [3.05, 3.63) is 18.0 Å². The molecule has 8 nitrogen and oxygen atoms in total. The maximum atomic E-state index is 13.3. The van der Waals surface area contributed by atoms with Crippen molar-refractivity contribution in [2.75, 3.05) is 33.7 Å². The Balaban J connectivity index is 2.85. The van der Waals surface area contributed by atoms with Crippen molar-refractivity contribution >= 4 is 11.9 Å². The lowest BCUT2D eigenvalue weighted by atomic mass is 10.0. The fraction of sp³-hybridized carbons (Fsp3) is 0.889. The molecule has 0 aliphatic rings. The molecule has 2 atom stereocenters. The lowest BCUT2D eigenvalue weighted by Crippen LogP contribution is -2.31. The van der Waals surface area contributed by atoms with Crippen molar-refractivity contribution in [3.8, 4) is 0 Å². The van der Waals surface area contributed by atoms with Crippen LogP contribution in [0, 0.1) is 0 Å². The lowest BCUT2D eigenvalue weighted by Gasteiger charge is -2.23. The zero-order valence-electron chi connectivity index (χ0n) is 35.9. The topological polar surface area (TPSA) is 76.9 Å². The van der Waals surface area contributed by atoms with Gasteiger partial charge in [0, 0.05) is 37.9 Å². The number of aryl methyl sites for hydroxylation is 1. The number of hydrogen-bond acceptors (Lipinski definition) is 7. The number of carbonyl (C=O) groups is 2. The fourth-order valence-corrected chi connectivity index (χ4v) is 7.10. The molecule has 0 fully saturated rings. The van der Waals surface area contributed by atoms with Gasteiger partial charge >= 0.3 is 11.9 Å². The quantitative estimate of drug-likeness (QED) is 0.0492. The SMILES string of the molecule is CCCCCCCCC(CCCCCC)OC(=O)CCN(CCC(=O)OC(CCCCCC)CCCCCCCC)Cc1cnn(CCCN(C)C)c1. The molecule has 1 aromatic rings. The van der Waals surface area contributed by atoms with Crippen LogP contribution >= 0.6 is 0 Å². The highest BCUT2D eigenvalue weighted by Crippen LogP contribution is 2.19. The van der Waals surface area contributed by atoms with Crippen LogP contribution < -0.4 is 0 Å². The third-order valence-electron chi connectivity index (χ3n) is 10.5. The highest BCUT2D eigenvalue weighted by molar-refractivity contribution is 5.70. The molecule has 8 heteroatoms. The second kappa shape index (κ2) is 34.6. The van der Waals surface area contributed by atoms with Gasteiger partial charge in [-0.1, -0.05) is 130 Å². The number of ether oxygens (including phenoxy) is 2. The van der Waals surface area contributed by atoms with E-state index in [0.29, 0.717) is 32.5 Å². The molecule has 1 aromatic heterocycles. The summed E-state index contributed by atoms with van der Waals surface area (Å²) in [6.07, 6.45) is 34.1. The van der Waals surface area contributed by atoms with E-state index in [4.69, 9.17) is 9.47 Å². The smallest absolute Gasteiger partial charge is 0.307 e. The van der Waals surface area contributed by atoms with E-state index >= 15 is 0 Å². The normalized spacial score (nSPS) is 12.8. The average Bonchev–Trinajstić information content (AvgIpc) is 3.58. The number of hydrogen-bond donors (Lipinski definition) is 0. The molecule has 310 valence electrons. The molecule has 0 radical (unpaired) electrons. The van der Waals surface area contributed by atoms with E-state index < -0.39 is 0 Å². The second-order valence-corrected chi connectivity index (χ2v) is 16.1. The molecule has 0 saturated carbocycles. The second-order valence-electron chi connectivity index (χ2n) is 16.1. The first-order valence-corrected chi connectivity index (χ1v) is 22.6. The summed E-state index contributed by atoms with van der Waals surface area (Å²) in [7, 11) is 4.18. The van der Waals surface area contributed by atoms with Crippen LogP contribution in [0.2, 0.25) is 0 Å². The Hall–Kier alpha value is -1.93. The highest BCUT2D eigenvalue weighted by atomic mass is 16.5. The minimum absolute atomic E-state index is 0.00950. The lowest BCUT2D eigenvalue weighted by molar-refractivity contribution is -0.150. The Morgan fingerprint density at radius 1 is 0.585 bits per heavy atom. The van der Waals surface area contributed by atoms with E-state index in [1.807, 2.05) is 10.9 Å². The molecule has 0 N–H and O–H groups in total. The Morgan fingerprint density at radius 3 is 1.40 bits per heavy atom. The van der Waals surface area contributed by atoms with Crippen LogP contribution in [0.5, 0.6) is 0 Å². The van der Waals surface area contributed by atoms with Gasteiger partial charge in [0.15, 0.2) is 0 Å². The molecule has 0 amide bonds. The van der Waals surface area contributed by atoms with Gasteiger partial charge in [0.1, 0.15) is 12.2 Å². The van der Waals surface area contributed by atoms with E-state index in [-0.39, 0.29) is 24.1 Å². The average molecular weight is 747 g/mol. The van der Waals surface area contributed by atoms with Gasteiger partial charge in [-0.3, -0.25) is 19.2 Å². The third kappa shape index (κ3) is 29.1. The van der Waals surface area contributed by atoms with Gasteiger partial charge in [0.2, 0.25) is 0 Å². The van der Waals surface area contributed by atoms with Crippen molar-refractivity contribution < 1.29 is 19.1 Å². The van der Waals surface area contributed by atoms with Gasteiger partial charge in [0.25, 0.3) is 0 Å². The van der Waals surface area contributed by atoms with Crippen molar-refractivity contribution in [1.82, 2.24) is 19.6 Å². The van der Waals surface area contributed by atoms with E-state index in [0.717, 1.165) is 76.4 Å². The van der Waals surface area contributed by atoms with Crippen LogP contribution in [0.15, 0.2) is 12.4 Å². The summed E-state index contributed by atoms with van der Waals surface area (Å²) in [5.41, 5.74) is 1.10. The van der Waals surface area contributed by atoms with Crippen LogP contribution in [0.1, 0.15) is 207 Å². The first kappa shape index (κ1) is 49.1. The number of rotatable bonds is 38. The first-order valence-electron chi connectivity index (χ1n) is 22.6. The molecule has 0 aliphatic carbocycles. The van der Waals surface area contributed by atoms with Gasteiger partial charge in [-0.05, 0) is 78.4 Å². The van der Waals surface area contributed by atoms with Crippen molar-refractivity contribution in [2.45, 2.75) is 226 Å². The molecule has 0 bridgehead atoms. The Labute approximate surface area is 327 Å². The zero-order chi connectivity index (χ0) is 38.8. The molecular weight excluding hydrogens is 661 g/mol. The van der Waals surface area contributed by atoms with E-state index in [1.165, 1.54) is 103 Å². The monoisotopic (exact) mass is 747 g/mol. The standard InChI is InChI=1S/C45H86N4O4/c1-7-11-15-19-21-25-30-42(28-23-17-13-9-3)52-44(50)32-36-48(39-41-38-46-49(40-41)35-27-34-47(5)6)37-33-45(51)53-43(29-24-18-14-10-4)31-26-22-20-16-12-8-2/h38,40,42-43H,7-37,39H2,1-6H3. The summed E-state index contributed by atoms with van der Waals surface area (Å²) in [5.74, 6) is -0.232. The highest BCUT2D eigenvalue weighted by Gasteiger charge is 2.19. The summed E-state index contributed by atoms with van der Waals surface area (Å²) in [6, 6.07) is 0. The van der Waals surface area contributed by atoms with Crippen molar-refractivity contribution in [2.24, 2.45) is 0 Å². The molecule has 0 aliphatic heterocycles. The van der Waals surface area contributed by atoms with E-state index in [1.54, 1.807) is 0 Å². The van der Waals surface area contributed by atoms with Crippen LogP contribution in [-0.4, -0.2) is 77.5 Å². The summed E-state index contributed by atoms with van der Waals surface area (Å²) >= 11 is 0. The molecule has 0 spiro atoms. The van der Waals surface area contributed by atoms with Gasteiger partial charge in [0.05, 0.1) is 19.0 Å². The molecule has 1 rings (SSSR count). The first-order chi connectivity index (χ1) is 25.8. The predicted molar refractivity (Wildman–Crippen MR) is 223 cm³/mol. The third-order valence-corrected chi connectivity index (χ3v) is 10.5. The van der Waals surface area contributed by atoms with Gasteiger partial charge in [-0.15, -0.1) is 0 Å².